The van der Waals surface area contributed by atoms with Crippen molar-refractivity contribution in [1.29, 1.82) is 0 Å². The van der Waals surface area contributed by atoms with Gasteiger partial charge < -0.3 is 0 Å². The molecule has 0 aromatic rings. The molecule has 18 heavy (non-hydrogen) atoms. The minimum absolute atomic E-state index is 0.882. The summed E-state index contributed by atoms with van der Waals surface area (Å²) >= 11 is 0. The van der Waals surface area contributed by atoms with Gasteiger partial charge in [0.2, 0.25) is 0 Å². The molecule has 0 rings (SSSR count). The van der Waals surface area contributed by atoms with E-state index in [9.17, 15) is 0 Å². The largest absolute Gasteiger partial charge is 0.0654 e. The molecule has 2 unspecified atom stereocenters. The number of hydrogen-bond donors (Lipinski definition) is 0. The van der Waals surface area contributed by atoms with Gasteiger partial charge in [-0.25, -0.2) is 0 Å². The predicted molar refractivity (Wildman–Crippen MR) is 85.0 cm³/mol. The highest BCUT2D eigenvalue weighted by Crippen LogP contribution is 2.28. The summed E-state index contributed by atoms with van der Waals surface area (Å²) in [6, 6.07) is 0. The zero-order chi connectivity index (χ0) is 13.8. The van der Waals surface area contributed by atoms with Gasteiger partial charge in [0.25, 0.3) is 0 Å². The zero-order valence-corrected chi connectivity index (χ0v) is 13.8. The minimum Gasteiger partial charge on any atom is -0.0654 e. The summed E-state index contributed by atoms with van der Waals surface area (Å²) in [5, 5.41) is 0. The van der Waals surface area contributed by atoms with Gasteiger partial charge in [-0.05, 0) is 17.8 Å². The third kappa shape index (κ3) is 9.97. The van der Waals surface area contributed by atoms with Gasteiger partial charge in [-0.2, -0.15) is 0 Å². The molecule has 110 valence electrons. The number of unbranched alkanes of at least 4 members (excludes halogenated alkanes) is 3. The van der Waals surface area contributed by atoms with Crippen molar-refractivity contribution in [2.24, 2.45) is 17.8 Å². The minimum atomic E-state index is 0.882. The van der Waals surface area contributed by atoms with Crippen LogP contribution in [0, 0.1) is 17.8 Å². The van der Waals surface area contributed by atoms with E-state index < -0.39 is 0 Å². The molecule has 0 radical (unpaired) electrons. The van der Waals surface area contributed by atoms with Crippen molar-refractivity contribution in [2.75, 3.05) is 0 Å². The Hall–Kier alpha value is 0. The maximum absolute atomic E-state index is 2.50. The maximum atomic E-state index is 2.50. The van der Waals surface area contributed by atoms with Gasteiger partial charge in [0.05, 0.1) is 0 Å². The Morgan fingerprint density at radius 3 is 1.89 bits per heavy atom. The van der Waals surface area contributed by atoms with E-state index in [1.165, 1.54) is 64.2 Å². The van der Waals surface area contributed by atoms with Crippen LogP contribution in [0.2, 0.25) is 0 Å². The number of rotatable bonds is 12. The maximum Gasteiger partial charge on any atom is -0.0389 e. The van der Waals surface area contributed by atoms with Crippen LogP contribution in [0.5, 0.6) is 0 Å². The van der Waals surface area contributed by atoms with Crippen LogP contribution in [0.3, 0.4) is 0 Å². The van der Waals surface area contributed by atoms with E-state index in [4.69, 9.17) is 0 Å². The molecule has 0 aromatic heterocycles. The summed E-state index contributed by atoms with van der Waals surface area (Å²) in [4.78, 5) is 0. The van der Waals surface area contributed by atoms with Crippen molar-refractivity contribution in [2.45, 2.75) is 98.8 Å². The zero-order valence-electron chi connectivity index (χ0n) is 13.8. The second-order valence-corrected chi connectivity index (χ2v) is 6.70. The van der Waals surface area contributed by atoms with Gasteiger partial charge in [-0.3, -0.25) is 0 Å². The van der Waals surface area contributed by atoms with E-state index in [0.29, 0.717) is 0 Å². The van der Waals surface area contributed by atoms with Gasteiger partial charge in [-0.15, -0.1) is 0 Å². The fourth-order valence-corrected chi connectivity index (χ4v) is 3.00. The van der Waals surface area contributed by atoms with Crippen LogP contribution in [-0.4, -0.2) is 0 Å². The first-order chi connectivity index (χ1) is 8.61. The van der Waals surface area contributed by atoms with Crippen LogP contribution >= 0.6 is 0 Å². The average Bonchev–Trinajstić information content (AvgIpc) is 2.33. The lowest BCUT2D eigenvalue weighted by Gasteiger charge is -2.24. The highest BCUT2D eigenvalue weighted by Gasteiger charge is 2.15. The summed E-state index contributed by atoms with van der Waals surface area (Å²) < 4.78 is 0. The summed E-state index contributed by atoms with van der Waals surface area (Å²) in [7, 11) is 0. The molecule has 0 heterocycles. The quantitative estimate of drug-likeness (QED) is 0.335. The van der Waals surface area contributed by atoms with Crippen molar-refractivity contribution in [3.63, 3.8) is 0 Å². The van der Waals surface area contributed by atoms with Crippen LogP contribution in [0.15, 0.2) is 0 Å². The summed E-state index contributed by atoms with van der Waals surface area (Å²) in [6.45, 7) is 11.8. The van der Waals surface area contributed by atoms with Crippen molar-refractivity contribution >= 4 is 0 Å². The summed E-state index contributed by atoms with van der Waals surface area (Å²) in [6.07, 6.45) is 14.3. The first-order valence-corrected chi connectivity index (χ1v) is 8.61. The van der Waals surface area contributed by atoms with Gasteiger partial charge in [0.15, 0.2) is 0 Å². The second kappa shape index (κ2) is 12.1. The van der Waals surface area contributed by atoms with Gasteiger partial charge in [0, 0.05) is 0 Å². The van der Waals surface area contributed by atoms with Crippen molar-refractivity contribution in [3.8, 4) is 0 Å². The molecule has 0 aliphatic rings. The molecule has 0 heteroatoms. The van der Waals surface area contributed by atoms with E-state index in [1.54, 1.807) is 0 Å². The Kier molecular flexibility index (Phi) is 12.1. The Labute approximate surface area is 117 Å². The Bertz CT molecular complexity index is 159. The summed E-state index contributed by atoms with van der Waals surface area (Å²) in [5.74, 6) is 2.83. The molecule has 0 aliphatic carbocycles. The molecule has 0 saturated carbocycles. The number of hydrogen-bond acceptors (Lipinski definition) is 0. The molecule has 0 N–H and O–H groups in total. The van der Waals surface area contributed by atoms with Crippen LogP contribution in [0.25, 0.3) is 0 Å². The van der Waals surface area contributed by atoms with E-state index in [2.05, 4.69) is 34.6 Å². The van der Waals surface area contributed by atoms with Gasteiger partial charge in [0.1, 0.15) is 0 Å². The molecule has 0 fully saturated rings. The fraction of sp³-hybridized carbons (Fsp3) is 1.00. The average molecular weight is 255 g/mol. The molecule has 2 atom stereocenters. The summed E-state index contributed by atoms with van der Waals surface area (Å²) in [5.41, 5.74) is 0. The Balaban J connectivity index is 3.82. The first kappa shape index (κ1) is 18.0. The molecule has 0 saturated heterocycles. The second-order valence-electron chi connectivity index (χ2n) is 6.70. The molecule has 0 bridgehead atoms. The van der Waals surface area contributed by atoms with Crippen LogP contribution in [-0.2, 0) is 0 Å². The standard InChI is InChI=1S/C18H38/c1-6-8-9-10-14-17(5)18(12-7-2)15-11-13-16(3)4/h16-18H,6-15H2,1-5H3. The molecular weight excluding hydrogens is 216 g/mol. The van der Waals surface area contributed by atoms with Gasteiger partial charge >= 0.3 is 0 Å². The fourth-order valence-electron chi connectivity index (χ4n) is 3.00. The predicted octanol–water partition coefficient (Wildman–Crippen LogP) is 6.84. The monoisotopic (exact) mass is 254 g/mol. The molecule has 0 aliphatic heterocycles. The smallest absolute Gasteiger partial charge is 0.0389 e. The SMILES string of the molecule is CCCCCCC(C)C(CCC)CCCC(C)C. The first-order valence-electron chi connectivity index (χ1n) is 8.61. The highest BCUT2D eigenvalue weighted by atomic mass is 14.2. The van der Waals surface area contributed by atoms with Crippen molar-refractivity contribution < 1.29 is 0 Å². The van der Waals surface area contributed by atoms with Crippen LogP contribution in [0.1, 0.15) is 98.8 Å². The van der Waals surface area contributed by atoms with E-state index in [1.807, 2.05) is 0 Å². The highest BCUT2D eigenvalue weighted by molar-refractivity contribution is 4.67. The third-order valence-electron chi connectivity index (χ3n) is 4.33. The van der Waals surface area contributed by atoms with E-state index >= 15 is 0 Å². The lowest BCUT2D eigenvalue weighted by molar-refractivity contribution is 0.277. The molecular formula is C18H38. The van der Waals surface area contributed by atoms with Crippen LogP contribution in [0.4, 0.5) is 0 Å². The van der Waals surface area contributed by atoms with Gasteiger partial charge in [-0.1, -0.05) is 98.8 Å². The normalized spacial score (nSPS) is 15.0. The topological polar surface area (TPSA) is 0 Å². The molecule has 0 amide bonds. The van der Waals surface area contributed by atoms with Crippen molar-refractivity contribution in [3.05, 3.63) is 0 Å². The Morgan fingerprint density at radius 2 is 1.33 bits per heavy atom. The van der Waals surface area contributed by atoms with E-state index in [0.717, 1.165) is 17.8 Å². The molecule has 0 spiro atoms. The van der Waals surface area contributed by atoms with Crippen molar-refractivity contribution in [1.82, 2.24) is 0 Å². The van der Waals surface area contributed by atoms with E-state index in [-0.39, 0.29) is 0 Å². The Morgan fingerprint density at radius 1 is 0.611 bits per heavy atom. The molecule has 0 aromatic carbocycles. The molecule has 0 nitrogen and oxygen atoms in total. The lowest BCUT2D eigenvalue weighted by atomic mass is 9.82. The van der Waals surface area contributed by atoms with Crippen LogP contribution < -0.4 is 0 Å². The lowest BCUT2D eigenvalue weighted by Crippen LogP contribution is -2.12. The third-order valence-corrected chi connectivity index (χ3v) is 4.33.